The van der Waals surface area contributed by atoms with Crippen LogP contribution in [0.1, 0.15) is 0 Å². The van der Waals surface area contributed by atoms with Crippen LogP contribution >= 0.6 is 12.2 Å². The number of nitrogens with zero attached hydrogens (tertiary/aromatic N) is 2. The van der Waals surface area contributed by atoms with Crippen molar-refractivity contribution in [1.82, 2.24) is 4.98 Å². The molecule has 2 heterocycles. The van der Waals surface area contributed by atoms with Crippen LogP contribution in [0.3, 0.4) is 0 Å². The number of thiocarbonyl (C=S) groups is 1. The minimum absolute atomic E-state index is 0.202. The smallest absolute Gasteiger partial charge is 0.214 e. The average molecular weight is 253 g/mol. The summed E-state index contributed by atoms with van der Waals surface area (Å²) >= 11 is 4.95. The minimum Gasteiger partial charge on any atom is -0.481 e. The number of rotatable bonds is 3. The molecule has 92 valence electrons. The number of ether oxygens (including phenoxy) is 2. The third kappa shape index (κ3) is 2.83. The zero-order valence-electron chi connectivity index (χ0n) is 9.63. The molecule has 6 heteroatoms. The number of nitrogens with two attached hydrogens (primary N) is 1. The van der Waals surface area contributed by atoms with Crippen molar-refractivity contribution in [3.05, 3.63) is 18.2 Å². The summed E-state index contributed by atoms with van der Waals surface area (Å²) in [6.45, 7) is 2.01. The van der Waals surface area contributed by atoms with Gasteiger partial charge in [0.1, 0.15) is 16.9 Å². The fraction of sp³-hybridized carbons (Fsp3) is 0.455. The van der Waals surface area contributed by atoms with Gasteiger partial charge in [0.2, 0.25) is 5.88 Å². The van der Waals surface area contributed by atoms with Crippen LogP contribution in [0.25, 0.3) is 0 Å². The molecule has 0 bridgehead atoms. The summed E-state index contributed by atoms with van der Waals surface area (Å²) in [7, 11) is 1.60. The van der Waals surface area contributed by atoms with Crippen molar-refractivity contribution in [2.75, 3.05) is 31.7 Å². The van der Waals surface area contributed by atoms with Crippen molar-refractivity contribution in [2.45, 2.75) is 6.10 Å². The average Bonchev–Trinajstić information content (AvgIpc) is 2.39. The van der Waals surface area contributed by atoms with Crippen LogP contribution in [-0.4, -0.2) is 42.9 Å². The molecule has 1 fully saturated rings. The largest absolute Gasteiger partial charge is 0.481 e. The first-order valence-corrected chi connectivity index (χ1v) is 5.78. The molecule has 17 heavy (non-hydrogen) atoms. The van der Waals surface area contributed by atoms with Crippen LogP contribution in [0.2, 0.25) is 0 Å². The van der Waals surface area contributed by atoms with Gasteiger partial charge in [-0.2, -0.15) is 4.98 Å². The van der Waals surface area contributed by atoms with Crippen LogP contribution < -0.4 is 15.4 Å². The van der Waals surface area contributed by atoms with Crippen LogP contribution in [0.4, 0.5) is 5.82 Å². The number of aromatic nitrogens is 1. The van der Waals surface area contributed by atoms with Gasteiger partial charge >= 0.3 is 0 Å². The van der Waals surface area contributed by atoms with Gasteiger partial charge in [0.05, 0.1) is 20.3 Å². The molecule has 0 spiro atoms. The zero-order valence-corrected chi connectivity index (χ0v) is 10.4. The Morgan fingerprint density at radius 1 is 1.65 bits per heavy atom. The second-order valence-corrected chi connectivity index (χ2v) is 4.22. The van der Waals surface area contributed by atoms with Crippen LogP contribution in [0, 0.1) is 0 Å². The predicted octanol–water partition coefficient (Wildman–Crippen LogP) is 0.582. The van der Waals surface area contributed by atoms with Crippen molar-refractivity contribution < 1.29 is 9.47 Å². The zero-order chi connectivity index (χ0) is 12.3. The first kappa shape index (κ1) is 12.1. The third-order valence-electron chi connectivity index (χ3n) is 2.63. The molecule has 0 radical (unpaired) electrons. The third-order valence-corrected chi connectivity index (χ3v) is 2.89. The summed E-state index contributed by atoms with van der Waals surface area (Å²) < 4.78 is 10.6. The van der Waals surface area contributed by atoms with Gasteiger partial charge in [-0.05, 0) is 6.07 Å². The highest BCUT2D eigenvalue weighted by Crippen LogP contribution is 2.18. The molecule has 1 saturated heterocycles. The Bertz CT molecular complexity index is 413. The van der Waals surface area contributed by atoms with Crippen molar-refractivity contribution in [2.24, 2.45) is 5.73 Å². The van der Waals surface area contributed by atoms with Gasteiger partial charge in [-0.1, -0.05) is 18.3 Å². The van der Waals surface area contributed by atoms with E-state index in [2.05, 4.69) is 9.88 Å². The van der Waals surface area contributed by atoms with Gasteiger partial charge in [0.25, 0.3) is 0 Å². The summed E-state index contributed by atoms with van der Waals surface area (Å²) in [5, 5.41) is 0. The number of hydrogen-bond donors (Lipinski definition) is 1. The number of methoxy groups -OCH3 is 1. The summed E-state index contributed by atoms with van der Waals surface area (Å²) in [5.74, 6) is 1.45. The Morgan fingerprint density at radius 2 is 2.47 bits per heavy atom. The Hall–Kier alpha value is -1.40. The molecular weight excluding hydrogens is 238 g/mol. The van der Waals surface area contributed by atoms with Gasteiger partial charge < -0.3 is 20.1 Å². The van der Waals surface area contributed by atoms with E-state index in [4.69, 9.17) is 27.4 Å². The highest BCUT2D eigenvalue weighted by molar-refractivity contribution is 7.80. The van der Waals surface area contributed by atoms with Gasteiger partial charge in [-0.25, -0.2) is 0 Å². The first-order valence-electron chi connectivity index (χ1n) is 5.37. The second kappa shape index (κ2) is 5.29. The van der Waals surface area contributed by atoms with E-state index in [1.54, 1.807) is 7.11 Å². The Balaban J connectivity index is 2.13. The lowest BCUT2D eigenvalue weighted by atomic mass is 10.2. The van der Waals surface area contributed by atoms with E-state index >= 15 is 0 Å². The Morgan fingerprint density at radius 3 is 3.18 bits per heavy atom. The molecule has 1 aliphatic rings. The van der Waals surface area contributed by atoms with E-state index in [9.17, 15) is 0 Å². The molecule has 1 aromatic heterocycles. The van der Waals surface area contributed by atoms with Gasteiger partial charge in [0, 0.05) is 12.6 Å². The maximum absolute atomic E-state index is 5.60. The topological polar surface area (TPSA) is 60.6 Å². The minimum atomic E-state index is -0.202. The van der Waals surface area contributed by atoms with Crippen molar-refractivity contribution in [3.63, 3.8) is 0 Å². The molecule has 0 aliphatic carbocycles. The van der Waals surface area contributed by atoms with Crippen LogP contribution in [-0.2, 0) is 4.74 Å². The second-order valence-electron chi connectivity index (χ2n) is 3.75. The summed E-state index contributed by atoms with van der Waals surface area (Å²) in [5.41, 5.74) is 5.60. The maximum atomic E-state index is 5.60. The molecule has 2 rings (SSSR count). The van der Waals surface area contributed by atoms with Crippen LogP contribution in [0.5, 0.6) is 5.88 Å². The molecule has 2 N–H and O–H groups in total. The van der Waals surface area contributed by atoms with Crippen LogP contribution in [0.15, 0.2) is 18.2 Å². The van der Waals surface area contributed by atoms with E-state index in [0.717, 1.165) is 12.4 Å². The van der Waals surface area contributed by atoms with Gasteiger partial charge in [0.15, 0.2) is 0 Å². The van der Waals surface area contributed by atoms with Gasteiger partial charge in [-0.15, -0.1) is 0 Å². The predicted molar refractivity (Wildman–Crippen MR) is 69.5 cm³/mol. The quantitative estimate of drug-likeness (QED) is 0.795. The fourth-order valence-corrected chi connectivity index (χ4v) is 1.87. The van der Waals surface area contributed by atoms with Gasteiger partial charge in [-0.3, -0.25) is 0 Å². The molecule has 1 atom stereocenters. The molecule has 5 nitrogen and oxygen atoms in total. The number of hydrogen-bond acceptors (Lipinski definition) is 5. The molecule has 0 amide bonds. The lowest BCUT2D eigenvalue weighted by Crippen LogP contribution is -2.48. The molecule has 0 saturated carbocycles. The summed E-state index contributed by atoms with van der Waals surface area (Å²) in [4.78, 5) is 6.85. The standard InChI is InChI=1S/C11H15N3O2S/c1-15-10-4-2-3-9(13-10)14-5-6-16-8(7-14)11(12)17/h2-4,8H,5-7H2,1H3,(H2,12,17). The lowest BCUT2D eigenvalue weighted by molar-refractivity contribution is 0.0843. The highest BCUT2D eigenvalue weighted by atomic mass is 32.1. The lowest BCUT2D eigenvalue weighted by Gasteiger charge is -2.33. The molecule has 0 aromatic carbocycles. The number of morpholine rings is 1. The fourth-order valence-electron chi connectivity index (χ4n) is 1.72. The Kier molecular flexibility index (Phi) is 3.75. The van der Waals surface area contributed by atoms with E-state index in [1.807, 2.05) is 18.2 Å². The van der Waals surface area contributed by atoms with E-state index in [1.165, 1.54) is 0 Å². The van der Waals surface area contributed by atoms with Crippen molar-refractivity contribution in [1.29, 1.82) is 0 Å². The summed E-state index contributed by atoms with van der Waals surface area (Å²) in [6, 6.07) is 5.66. The number of anilines is 1. The normalized spacial score (nSPS) is 20.1. The molecule has 1 unspecified atom stereocenters. The number of pyridine rings is 1. The summed E-state index contributed by atoms with van der Waals surface area (Å²) in [6.07, 6.45) is -0.202. The Labute approximate surface area is 106 Å². The first-order chi connectivity index (χ1) is 8.20. The molecule has 1 aliphatic heterocycles. The monoisotopic (exact) mass is 253 g/mol. The van der Waals surface area contributed by atoms with E-state index < -0.39 is 0 Å². The SMILES string of the molecule is COc1cccc(N2CCOC(C(N)=S)C2)n1. The van der Waals surface area contributed by atoms with E-state index in [0.29, 0.717) is 24.0 Å². The van der Waals surface area contributed by atoms with Crippen molar-refractivity contribution in [3.8, 4) is 5.88 Å². The molecule has 1 aromatic rings. The van der Waals surface area contributed by atoms with Crippen molar-refractivity contribution >= 4 is 23.0 Å². The highest BCUT2D eigenvalue weighted by Gasteiger charge is 2.23. The maximum Gasteiger partial charge on any atom is 0.214 e. The van der Waals surface area contributed by atoms with E-state index in [-0.39, 0.29) is 6.10 Å². The molecular formula is C11H15N3O2S.